The highest BCUT2D eigenvalue weighted by atomic mass is 32.1. The molecule has 8 aromatic carbocycles. The van der Waals surface area contributed by atoms with Crippen LogP contribution in [0.25, 0.3) is 63.6 Å². The number of nitrogens with zero attached hydrogens (tertiary/aromatic N) is 1. The molecule has 0 aliphatic heterocycles. The van der Waals surface area contributed by atoms with E-state index < -0.39 is 0 Å². The maximum Gasteiger partial charge on any atom is 0.0546 e. The summed E-state index contributed by atoms with van der Waals surface area (Å²) in [4.78, 5) is 2.55. The van der Waals surface area contributed by atoms with Crippen LogP contribution in [0.1, 0.15) is 25.0 Å². The number of thiophene rings is 1. The molecule has 0 saturated carbocycles. The van der Waals surface area contributed by atoms with Crippen LogP contribution in [0.15, 0.2) is 152 Å². The molecule has 10 rings (SSSR count). The second kappa shape index (κ2) is 9.78. The second-order valence-electron chi connectivity index (χ2n) is 13.3. The van der Waals surface area contributed by atoms with Gasteiger partial charge in [0.05, 0.1) is 11.4 Å². The largest absolute Gasteiger partial charge is 0.309 e. The first-order chi connectivity index (χ1) is 23.1. The molecule has 2 heteroatoms. The van der Waals surface area contributed by atoms with Crippen molar-refractivity contribution in [2.24, 2.45) is 0 Å². The molecule has 0 bridgehead atoms. The number of anilines is 3. The zero-order chi connectivity index (χ0) is 31.3. The maximum atomic E-state index is 2.55. The molecule has 0 amide bonds. The van der Waals surface area contributed by atoms with Crippen LogP contribution in [0.2, 0.25) is 0 Å². The quantitative estimate of drug-likeness (QED) is 0.178. The van der Waals surface area contributed by atoms with Crippen molar-refractivity contribution in [1.29, 1.82) is 0 Å². The van der Waals surface area contributed by atoms with Gasteiger partial charge in [0.1, 0.15) is 0 Å². The fraction of sp³-hybridized carbons (Fsp3) is 0.0667. The molecule has 1 aliphatic carbocycles. The minimum absolute atomic E-state index is 0.0926. The van der Waals surface area contributed by atoms with E-state index in [-0.39, 0.29) is 5.41 Å². The Morgan fingerprint density at radius 3 is 2.00 bits per heavy atom. The van der Waals surface area contributed by atoms with Gasteiger partial charge in [0, 0.05) is 42.2 Å². The molecule has 1 heterocycles. The van der Waals surface area contributed by atoms with Gasteiger partial charge in [-0.2, -0.15) is 0 Å². The molecule has 1 nitrogen and oxygen atoms in total. The maximum absolute atomic E-state index is 2.55. The van der Waals surface area contributed by atoms with Gasteiger partial charge >= 0.3 is 0 Å². The van der Waals surface area contributed by atoms with E-state index in [1.165, 1.54) is 91.8 Å². The van der Waals surface area contributed by atoms with Gasteiger partial charge in [-0.3, -0.25) is 0 Å². The first kappa shape index (κ1) is 26.7. The van der Waals surface area contributed by atoms with E-state index in [0.717, 1.165) is 0 Å². The standard InChI is InChI=1S/C45H31NS/c1-45(2)38-18-9-7-17-36(38)44-39(45)19-11-20-40(44)46(29-23-25-35-34-16-8-10-21-42(34)47-43(35)26-29)41-27-37-30-13-4-3-12-28(30)22-24-32(37)31-14-5-6-15-33(31)41/h3-27H,1-2H3. The van der Waals surface area contributed by atoms with Crippen molar-refractivity contribution in [2.45, 2.75) is 19.3 Å². The molecule has 47 heavy (non-hydrogen) atoms. The highest BCUT2D eigenvalue weighted by Crippen LogP contribution is 2.55. The third-order valence-electron chi connectivity index (χ3n) is 10.4. The molecule has 0 radical (unpaired) electrons. The lowest BCUT2D eigenvalue weighted by atomic mass is 9.82. The van der Waals surface area contributed by atoms with Crippen molar-refractivity contribution in [1.82, 2.24) is 0 Å². The van der Waals surface area contributed by atoms with Gasteiger partial charge < -0.3 is 4.90 Å². The third-order valence-corrected chi connectivity index (χ3v) is 11.6. The van der Waals surface area contributed by atoms with Crippen LogP contribution in [0, 0.1) is 0 Å². The topological polar surface area (TPSA) is 3.24 Å². The average Bonchev–Trinajstić information content (AvgIpc) is 3.60. The lowest BCUT2D eigenvalue weighted by Crippen LogP contribution is -2.16. The summed E-state index contributed by atoms with van der Waals surface area (Å²) in [5.41, 5.74) is 8.90. The molecule has 0 fully saturated rings. The Bertz CT molecular complexity index is 2730. The number of fused-ring (bicyclic) bond motifs is 11. The summed E-state index contributed by atoms with van der Waals surface area (Å²) < 4.78 is 2.63. The smallest absolute Gasteiger partial charge is 0.0546 e. The normalized spacial score (nSPS) is 13.5. The van der Waals surface area contributed by atoms with Crippen molar-refractivity contribution in [3.8, 4) is 11.1 Å². The average molecular weight is 618 g/mol. The van der Waals surface area contributed by atoms with Gasteiger partial charge in [-0.05, 0) is 74.0 Å². The van der Waals surface area contributed by atoms with E-state index in [0.29, 0.717) is 0 Å². The summed E-state index contributed by atoms with van der Waals surface area (Å²) in [7, 11) is 0. The number of hydrogen-bond donors (Lipinski definition) is 0. The number of hydrogen-bond acceptors (Lipinski definition) is 2. The van der Waals surface area contributed by atoms with Crippen molar-refractivity contribution in [3.05, 3.63) is 163 Å². The molecular weight excluding hydrogens is 587 g/mol. The van der Waals surface area contributed by atoms with Crippen LogP contribution in [0.5, 0.6) is 0 Å². The van der Waals surface area contributed by atoms with Crippen molar-refractivity contribution in [2.75, 3.05) is 4.90 Å². The number of benzene rings is 8. The molecule has 1 aliphatic rings. The summed E-state index contributed by atoms with van der Waals surface area (Å²) >= 11 is 1.88. The van der Waals surface area contributed by atoms with Crippen LogP contribution < -0.4 is 4.90 Å². The predicted molar refractivity (Wildman–Crippen MR) is 204 cm³/mol. The molecular formula is C45H31NS. The monoisotopic (exact) mass is 617 g/mol. The fourth-order valence-corrected chi connectivity index (χ4v) is 9.35. The molecule has 0 saturated heterocycles. The lowest BCUT2D eigenvalue weighted by molar-refractivity contribution is 0.660. The zero-order valence-electron chi connectivity index (χ0n) is 26.3. The van der Waals surface area contributed by atoms with Crippen molar-refractivity contribution >= 4 is 80.9 Å². The number of rotatable bonds is 3. The first-order valence-electron chi connectivity index (χ1n) is 16.4. The van der Waals surface area contributed by atoms with Gasteiger partial charge in [-0.25, -0.2) is 0 Å². The summed E-state index contributed by atoms with van der Waals surface area (Å²) in [5.74, 6) is 0. The third kappa shape index (κ3) is 3.77. The van der Waals surface area contributed by atoms with Crippen LogP contribution in [-0.4, -0.2) is 0 Å². The SMILES string of the molecule is CC1(C)c2ccccc2-c2c(N(c3ccc4c(c3)sc3ccccc34)c3cc4c5ccccc5ccc4c4ccccc34)cccc21. The van der Waals surface area contributed by atoms with Crippen molar-refractivity contribution in [3.63, 3.8) is 0 Å². The Kier molecular flexibility index (Phi) is 5.57. The van der Waals surface area contributed by atoms with E-state index in [1.807, 2.05) is 11.3 Å². The van der Waals surface area contributed by atoms with Crippen LogP contribution in [0.3, 0.4) is 0 Å². The van der Waals surface area contributed by atoms with E-state index in [4.69, 9.17) is 0 Å². The van der Waals surface area contributed by atoms with Gasteiger partial charge in [0.25, 0.3) is 0 Å². The molecule has 0 atom stereocenters. The second-order valence-corrected chi connectivity index (χ2v) is 14.4. The minimum Gasteiger partial charge on any atom is -0.309 e. The molecule has 0 unspecified atom stereocenters. The van der Waals surface area contributed by atoms with Crippen LogP contribution >= 0.6 is 11.3 Å². The zero-order valence-corrected chi connectivity index (χ0v) is 27.1. The summed E-state index contributed by atoms with van der Waals surface area (Å²) in [6.45, 7) is 4.74. The Hall–Kier alpha value is -5.44. The highest BCUT2D eigenvalue weighted by Gasteiger charge is 2.38. The minimum atomic E-state index is -0.0926. The van der Waals surface area contributed by atoms with Gasteiger partial charge in [0.2, 0.25) is 0 Å². The summed E-state index contributed by atoms with van der Waals surface area (Å²) in [6, 6.07) is 56.5. The fourth-order valence-electron chi connectivity index (χ4n) is 8.21. The molecule has 0 spiro atoms. The molecule has 0 N–H and O–H groups in total. The van der Waals surface area contributed by atoms with Gasteiger partial charge in [0.15, 0.2) is 0 Å². The summed E-state index contributed by atoms with van der Waals surface area (Å²) in [5, 5.41) is 10.3. The molecule has 222 valence electrons. The lowest BCUT2D eigenvalue weighted by Gasteiger charge is -2.30. The van der Waals surface area contributed by atoms with Gasteiger partial charge in [-0.15, -0.1) is 11.3 Å². The Labute approximate surface area is 278 Å². The van der Waals surface area contributed by atoms with E-state index in [1.54, 1.807) is 0 Å². The Morgan fingerprint density at radius 2 is 1.11 bits per heavy atom. The predicted octanol–water partition coefficient (Wildman–Crippen LogP) is 13.3. The van der Waals surface area contributed by atoms with E-state index in [2.05, 4.69) is 170 Å². The highest BCUT2D eigenvalue weighted by molar-refractivity contribution is 7.25. The molecule has 1 aromatic heterocycles. The van der Waals surface area contributed by atoms with E-state index in [9.17, 15) is 0 Å². The molecule has 9 aromatic rings. The van der Waals surface area contributed by atoms with E-state index >= 15 is 0 Å². The Balaban J connectivity index is 1.35. The summed E-state index contributed by atoms with van der Waals surface area (Å²) in [6.07, 6.45) is 0. The van der Waals surface area contributed by atoms with Crippen LogP contribution in [0.4, 0.5) is 17.1 Å². The van der Waals surface area contributed by atoms with Crippen LogP contribution in [-0.2, 0) is 5.41 Å². The van der Waals surface area contributed by atoms with Crippen molar-refractivity contribution < 1.29 is 0 Å². The van der Waals surface area contributed by atoms with Gasteiger partial charge in [-0.1, -0.05) is 135 Å². The first-order valence-corrected chi connectivity index (χ1v) is 17.2. The Morgan fingerprint density at radius 1 is 0.447 bits per heavy atom.